The summed E-state index contributed by atoms with van der Waals surface area (Å²) in [5.74, 6) is -0.151. The number of rotatable bonds is 1. The van der Waals surface area contributed by atoms with Crippen LogP contribution < -0.4 is 4.90 Å². The number of anilines is 1. The topological polar surface area (TPSA) is 62.6 Å². The Kier molecular flexibility index (Phi) is 2.73. The lowest BCUT2D eigenvalue weighted by Gasteiger charge is -2.41. The van der Waals surface area contributed by atoms with Gasteiger partial charge in [0.15, 0.2) is 0 Å². The zero-order valence-electron chi connectivity index (χ0n) is 14.4. The fourth-order valence-electron chi connectivity index (χ4n) is 5.47. The molecule has 5 heteroatoms. The molecule has 0 radical (unpaired) electrons. The largest absolute Gasteiger partial charge is 0.363 e. The monoisotopic (exact) mass is 336 g/mol. The van der Waals surface area contributed by atoms with Crippen LogP contribution in [0.15, 0.2) is 30.4 Å². The summed E-state index contributed by atoms with van der Waals surface area (Å²) in [6.07, 6.45) is 1.33. The van der Waals surface area contributed by atoms with E-state index in [-0.39, 0.29) is 29.6 Å². The molecule has 0 unspecified atom stereocenters. The zero-order valence-corrected chi connectivity index (χ0v) is 14.4. The van der Waals surface area contributed by atoms with Crippen molar-refractivity contribution < 1.29 is 14.3 Å². The number of amides is 1. The predicted molar refractivity (Wildman–Crippen MR) is 90.7 cm³/mol. The van der Waals surface area contributed by atoms with Crippen molar-refractivity contribution in [2.75, 3.05) is 11.5 Å². The van der Waals surface area contributed by atoms with E-state index in [4.69, 9.17) is 14.7 Å². The number of carbonyl (C=O) groups excluding carboxylic acids is 1. The first-order valence-corrected chi connectivity index (χ1v) is 8.75. The second-order valence-electron chi connectivity index (χ2n) is 7.89. The van der Waals surface area contributed by atoms with Crippen molar-refractivity contribution >= 4 is 11.6 Å². The summed E-state index contributed by atoms with van der Waals surface area (Å²) in [4.78, 5) is 15.2. The summed E-state index contributed by atoms with van der Waals surface area (Å²) in [5, 5.41) is 9.16. The van der Waals surface area contributed by atoms with Gasteiger partial charge in [-0.3, -0.25) is 9.69 Å². The smallest absolute Gasteiger partial charge is 0.236 e. The highest BCUT2D eigenvalue weighted by atomic mass is 16.6. The van der Waals surface area contributed by atoms with Gasteiger partial charge >= 0.3 is 0 Å². The number of hydrogen-bond acceptors (Lipinski definition) is 4. The summed E-state index contributed by atoms with van der Waals surface area (Å²) in [6.45, 7) is 8.69. The molecule has 4 heterocycles. The molecule has 4 saturated heterocycles. The van der Waals surface area contributed by atoms with Crippen LogP contribution in [0.3, 0.4) is 0 Å². The molecule has 0 N–H and O–H groups in total. The lowest BCUT2D eigenvalue weighted by atomic mass is 9.64. The van der Waals surface area contributed by atoms with Crippen LogP contribution >= 0.6 is 0 Å². The number of nitrogens with zero attached hydrogens (tertiary/aromatic N) is 2. The molecule has 4 aliphatic rings. The quantitative estimate of drug-likeness (QED) is 0.740. The molecular formula is C20H20N2O3. The Morgan fingerprint density at radius 3 is 2.96 bits per heavy atom. The van der Waals surface area contributed by atoms with Gasteiger partial charge < -0.3 is 9.47 Å². The van der Waals surface area contributed by atoms with Crippen molar-refractivity contribution in [2.45, 2.75) is 44.1 Å². The van der Waals surface area contributed by atoms with E-state index in [2.05, 4.69) is 12.6 Å². The van der Waals surface area contributed by atoms with Crippen molar-refractivity contribution in [3.05, 3.63) is 41.5 Å². The molecule has 0 saturated carbocycles. The number of nitriles is 1. The van der Waals surface area contributed by atoms with Crippen molar-refractivity contribution in [1.29, 1.82) is 5.26 Å². The van der Waals surface area contributed by atoms with Crippen LogP contribution in [-0.4, -0.2) is 29.9 Å². The third-order valence-corrected chi connectivity index (χ3v) is 6.68. The third-order valence-electron chi connectivity index (χ3n) is 6.68. The number of carbonyl (C=O) groups is 1. The molecule has 0 aliphatic carbocycles. The predicted octanol–water partition coefficient (Wildman–Crippen LogP) is 2.68. The molecule has 5 nitrogen and oxygen atoms in total. The van der Waals surface area contributed by atoms with Crippen molar-refractivity contribution in [1.82, 2.24) is 0 Å². The number of hydrogen-bond donors (Lipinski definition) is 0. The summed E-state index contributed by atoms with van der Waals surface area (Å²) in [6, 6.07) is 7.70. The summed E-state index contributed by atoms with van der Waals surface area (Å²) in [5.41, 5.74) is 2.41. The Hall–Kier alpha value is -2.16. The van der Waals surface area contributed by atoms with E-state index in [1.54, 1.807) is 11.0 Å². The van der Waals surface area contributed by atoms with Gasteiger partial charge in [-0.05, 0) is 43.2 Å². The first-order chi connectivity index (χ1) is 11.9. The van der Waals surface area contributed by atoms with Gasteiger partial charge in [-0.2, -0.15) is 5.26 Å². The minimum Gasteiger partial charge on any atom is -0.363 e. The van der Waals surface area contributed by atoms with Crippen LogP contribution in [0.4, 0.5) is 5.69 Å². The van der Waals surface area contributed by atoms with Gasteiger partial charge in [0.25, 0.3) is 0 Å². The molecule has 1 aromatic carbocycles. The molecule has 5 atom stereocenters. The van der Waals surface area contributed by atoms with Crippen molar-refractivity contribution in [2.24, 2.45) is 11.8 Å². The minimum absolute atomic E-state index is 0.0419. The first-order valence-electron chi connectivity index (χ1n) is 8.75. The van der Waals surface area contributed by atoms with Gasteiger partial charge in [-0.15, -0.1) is 0 Å². The molecule has 1 amide bonds. The van der Waals surface area contributed by atoms with E-state index in [0.717, 1.165) is 29.7 Å². The van der Waals surface area contributed by atoms with E-state index < -0.39 is 5.60 Å². The molecule has 128 valence electrons. The average Bonchev–Trinajstić information content (AvgIpc) is 3.12. The van der Waals surface area contributed by atoms with Crippen molar-refractivity contribution in [3.63, 3.8) is 0 Å². The summed E-state index contributed by atoms with van der Waals surface area (Å²) < 4.78 is 12.5. The lowest BCUT2D eigenvalue weighted by molar-refractivity contribution is -0.138. The summed E-state index contributed by atoms with van der Waals surface area (Å²) in [7, 11) is 0. The second-order valence-corrected chi connectivity index (χ2v) is 7.89. The van der Waals surface area contributed by atoms with Gasteiger partial charge in [0.2, 0.25) is 5.91 Å². The maximum atomic E-state index is 13.4. The van der Waals surface area contributed by atoms with Gasteiger partial charge in [0.1, 0.15) is 6.23 Å². The van der Waals surface area contributed by atoms with E-state index in [0.29, 0.717) is 12.2 Å². The highest BCUT2D eigenvalue weighted by Gasteiger charge is 2.76. The van der Waals surface area contributed by atoms with Gasteiger partial charge in [0, 0.05) is 24.4 Å². The number of fused-ring (bicyclic) bond motifs is 2. The van der Waals surface area contributed by atoms with Crippen LogP contribution in [-0.2, 0) is 14.3 Å². The summed E-state index contributed by atoms with van der Waals surface area (Å²) >= 11 is 0. The zero-order chi connectivity index (χ0) is 17.6. The fraction of sp³-hybridized carbons (Fsp3) is 0.500. The highest BCUT2D eigenvalue weighted by Crippen LogP contribution is 2.66. The lowest BCUT2D eigenvalue weighted by Crippen LogP contribution is -2.51. The molecule has 25 heavy (non-hydrogen) atoms. The molecule has 4 aliphatic heterocycles. The standard InChI is InChI=1S/C20H20N2O3/c1-11-8-14(5-4-13(11)10-21)22-17(23)15-16-18(22)24-7-6-20(16)9-12(2)19(15,3)25-20/h4-5,8,15-16,18H,2,6-7,9H2,1,3H3/t15-,16+,18+,19-,20+/m1/s1. The molecular weight excluding hydrogens is 316 g/mol. The SMILES string of the molecule is C=C1C[C@@]23CCO[C@H]4[C@@H]2[C@H](C(=O)N4c2ccc(C#N)c(C)c2)[C@]1(C)O3. The van der Waals surface area contributed by atoms with Crippen LogP contribution in [0.5, 0.6) is 0 Å². The van der Waals surface area contributed by atoms with Crippen LogP contribution in [0.2, 0.25) is 0 Å². The van der Waals surface area contributed by atoms with Crippen LogP contribution in [0.1, 0.15) is 30.9 Å². The minimum atomic E-state index is -0.593. The Bertz CT molecular complexity index is 872. The van der Waals surface area contributed by atoms with E-state index in [1.165, 1.54) is 0 Å². The van der Waals surface area contributed by atoms with E-state index >= 15 is 0 Å². The molecule has 1 aromatic rings. The Morgan fingerprint density at radius 2 is 2.24 bits per heavy atom. The molecule has 0 aromatic heterocycles. The van der Waals surface area contributed by atoms with Gasteiger partial charge in [-0.1, -0.05) is 6.58 Å². The third kappa shape index (κ3) is 1.62. The Labute approximate surface area is 146 Å². The average molecular weight is 336 g/mol. The number of aryl methyl sites for hydroxylation is 1. The maximum absolute atomic E-state index is 13.4. The van der Waals surface area contributed by atoms with Crippen LogP contribution in [0, 0.1) is 30.1 Å². The maximum Gasteiger partial charge on any atom is 0.236 e. The fourth-order valence-corrected chi connectivity index (χ4v) is 5.47. The molecule has 4 fully saturated rings. The number of ether oxygens (including phenoxy) is 2. The molecule has 1 spiro atoms. The number of benzene rings is 1. The van der Waals surface area contributed by atoms with Crippen molar-refractivity contribution in [3.8, 4) is 6.07 Å². The molecule has 2 bridgehead atoms. The first kappa shape index (κ1) is 15.1. The van der Waals surface area contributed by atoms with E-state index in [1.807, 2.05) is 26.0 Å². The highest BCUT2D eigenvalue weighted by molar-refractivity contribution is 6.00. The van der Waals surface area contributed by atoms with Gasteiger partial charge in [-0.25, -0.2) is 0 Å². The van der Waals surface area contributed by atoms with Gasteiger partial charge in [0.05, 0.1) is 35.4 Å². The van der Waals surface area contributed by atoms with Crippen LogP contribution in [0.25, 0.3) is 0 Å². The normalized spacial score (nSPS) is 41.2. The van der Waals surface area contributed by atoms with E-state index in [9.17, 15) is 4.79 Å². The molecule has 5 rings (SSSR count). The Morgan fingerprint density at radius 1 is 1.44 bits per heavy atom. The second kappa shape index (κ2) is 4.51. The Balaban J connectivity index is 1.63.